The first-order valence-electron chi connectivity index (χ1n) is 1.98. The summed E-state index contributed by atoms with van der Waals surface area (Å²) in [6.07, 6.45) is -1.34. The van der Waals surface area contributed by atoms with Gasteiger partial charge < -0.3 is 19.8 Å². The van der Waals surface area contributed by atoms with Crippen molar-refractivity contribution in [2.75, 3.05) is 0 Å². The number of hydrogen-bond donors (Lipinski definition) is 2. The molecule has 6 heteroatoms. The van der Waals surface area contributed by atoms with E-state index >= 15 is 0 Å². The van der Waals surface area contributed by atoms with Crippen molar-refractivity contribution in [2.45, 2.75) is 13.0 Å². The molecule has 0 aromatic rings. The summed E-state index contributed by atoms with van der Waals surface area (Å²) < 4.78 is 0. The van der Waals surface area contributed by atoms with E-state index in [4.69, 9.17) is 9.90 Å². The number of aliphatic hydroxyl groups is 1. The van der Waals surface area contributed by atoms with Gasteiger partial charge in [-0.1, -0.05) is 0 Å². The minimum atomic E-state index is -1.44. The van der Waals surface area contributed by atoms with E-state index in [1.54, 1.807) is 0 Å². The normalized spacial score (nSPS) is 10.1. The zero-order valence-corrected chi connectivity index (χ0v) is 9.79. The van der Waals surface area contributed by atoms with Crippen LogP contribution in [0.5, 0.6) is 0 Å². The fraction of sp³-hybridized carbons (Fsp3) is 0.667. The zero-order chi connectivity index (χ0) is 7.15. The molecule has 0 bridgehead atoms. The third-order valence-corrected chi connectivity index (χ3v) is 0.341. The topological polar surface area (TPSA) is 80.6 Å². The monoisotopic (exact) mass is 160 g/mol. The molecule has 0 heterocycles. The van der Waals surface area contributed by atoms with E-state index in [0.29, 0.717) is 10.5 Å². The van der Waals surface area contributed by atoms with Crippen LogP contribution in [0.1, 0.15) is 6.92 Å². The summed E-state index contributed by atoms with van der Waals surface area (Å²) in [7, 11) is 0.306. The molecule has 4 nitrogen and oxygen atoms in total. The number of rotatable bonds is 1. The third-order valence-electron chi connectivity index (χ3n) is 0.341. The Morgan fingerprint density at radius 3 is 1.78 bits per heavy atom. The smallest absolute Gasteiger partial charge is 0.547 e. The fourth-order valence-electron chi connectivity index (χ4n) is 0. The first kappa shape index (κ1) is 16.3. The molecule has 0 fully saturated rings. The van der Waals surface area contributed by atoms with Gasteiger partial charge in [0.25, 0.3) is 0 Å². The van der Waals surface area contributed by atoms with Gasteiger partial charge in [-0.2, -0.15) is 0 Å². The van der Waals surface area contributed by atoms with Gasteiger partial charge >= 0.3 is 29.6 Å². The van der Waals surface area contributed by atoms with E-state index in [9.17, 15) is 9.90 Å². The van der Waals surface area contributed by atoms with Gasteiger partial charge in [-0.05, 0) is 6.92 Å². The minimum Gasteiger partial charge on any atom is -0.547 e. The molecule has 0 amide bonds. The average Bonchev–Trinajstić information content (AvgIpc) is 1.72. The Kier molecular flexibility index (Phi) is 20.7. The molecule has 0 saturated carbocycles. The Hall–Kier alpha value is 0.607. The molecular formula is C3H9NaO4Si. The summed E-state index contributed by atoms with van der Waals surface area (Å²) in [6.45, 7) is 1.13. The van der Waals surface area contributed by atoms with Crippen molar-refractivity contribution in [3.05, 3.63) is 0 Å². The average molecular weight is 160 g/mol. The van der Waals surface area contributed by atoms with Crippen LogP contribution in [0, 0.1) is 0 Å². The Bertz CT molecular complexity index is 66.8. The fourth-order valence-corrected chi connectivity index (χ4v) is 0. The van der Waals surface area contributed by atoms with Crippen LogP contribution in [0.2, 0.25) is 0 Å². The molecule has 0 aromatic carbocycles. The molecular weight excluding hydrogens is 151 g/mol. The maximum Gasteiger partial charge on any atom is 1.00 e. The Morgan fingerprint density at radius 2 is 1.78 bits per heavy atom. The van der Waals surface area contributed by atoms with Gasteiger partial charge in [0.05, 0.1) is 12.1 Å². The first-order valence-corrected chi connectivity index (χ1v) is 2.87. The zero-order valence-electron chi connectivity index (χ0n) is 5.79. The number of aliphatic hydroxyl groups excluding tert-OH is 1. The van der Waals surface area contributed by atoms with Gasteiger partial charge in [0.15, 0.2) is 0 Å². The van der Waals surface area contributed by atoms with E-state index in [1.807, 2.05) is 0 Å². The predicted molar refractivity (Wildman–Crippen MR) is 28.8 cm³/mol. The van der Waals surface area contributed by atoms with E-state index in [1.165, 1.54) is 0 Å². The maximum absolute atomic E-state index is 9.34. The Balaban J connectivity index is -0.000000109. The van der Waals surface area contributed by atoms with Crippen LogP contribution in [-0.2, 0) is 4.79 Å². The standard InChI is InChI=1S/C3H6O3.Na.H4OSi/c1-2(4)3(5)6;;1-2/h2,4H,1H3,(H,5,6);;1H,2H3/q;+1;/p-1. The van der Waals surface area contributed by atoms with Crippen LogP contribution in [0.15, 0.2) is 0 Å². The van der Waals surface area contributed by atoms with Gasteiger partial charge in [0.2, 0.25) is 0 Å². The molecule has 50 valence electrons. The number of hydrogen-bond acceptors (Lipinski definition) is 4. The number of carbonyl (C=O) groups is 1. The predicted octanol–water partition coefficient (Wildman–Crippen LogP) is -6.62. The van der Waals surface area contributed by atoms with Crippen LogP contribution >= 0.6 is 0 Å². The third kappa shape index (κ3) is 17.7. The largest absolute Gasteiger partial charge is 1.00 e. The quantitative estimate of drug-likeness (QED) is 0.374. The molecule has 0 rings (SSSR count). The van der Waals surface area contributed by atoms with Gasteiger partial charge in [-0.15, -0.1) is 0 Å². The summed E-state index contributed by atoms with van der Waals surface area (Å²) >= 11 is 0. The second-order valence-electron chi connectivity index (χ2n) is 0.995. The van der Waals surface area contributed by atoms with Crippen molar-refractivity contribution in [3.8, 4) is 0 Å². The van der Waals surface area contributed by atoms with Crippen LogP contribution in [0.3, 0.4) is 0 Å². The van der Waals surface area contributed by atoms with Crippen LogP contribution in [-0.4, -0.2) is 32.5 Å². The molecule has 2 N–H and O–H groups in total. The van der Waals surface area contributed by atoms with E-state index < -0.39 is 12.1 Å². The van der Waals surface area contributed by atoms with Crippen molar-refractivity contribution < 1.29 is 49.4 Å². The molecule has 0 radical (unpaired) electrons. The molecule has 1 unspecified atom stereocenters. The summed E-state index contributed by atoms with van der Waals surface area (Å²) in [6, 6.07) is 0. The summed E-state index contributed by atoms with van der Waals surface area (Å²) in [5.74, 6) is -1.44. The number of carboxylic acids is 1. The molecule has 1 atom stereocenters. The summed E-state index contributed by atoms with van der Waals surface area (Å²) in [5.41, 5.74) is 0. The summed E-state index contributed by atoms with van der Waals surface area (Å²) in [5, 5.41) is 17.3. The van der Waals surface area contributed by atoms with Gasteiger partial charge in [0.1, 0.15) is 10.5 Å². The second-order valence-corrected chi connectivity index (χ2v) is 0.995. The van der Waals surface area contributed by atoms with Gasteiger partial charge in [-0.3, -0.25) is 0 Å². The molecule has 0 aliphatic carbocycles. The molecule has 0 spiro atoms. The van der Waals surface area contributed by atoms with E-state index in [2.05, 4.69) is 0 Å². The van der Waals surface area contributed by atoms with Crippen molar-refractivity contribution in [1.29, 1.82) is 0 Å². The van der Waals surface area contributed by atoms with Crippen LogP contribution in [0.25, 0.3) is 0 Å². The molecule has 0 saturated heterocycles. The van der Waals surface area contributed by atoms with E-state index in [-0.39, 0.29) is 29.6 Å². The number of carbonyl (C=O) groups excluding carboxylic acids is 1. The minimum absolute atomic E-state index is 0. The molecule has 9 heavy (non-hydrogen) atoms. The number of carboxylic acid groups (broad SMARTS) is 1. The van der Waals surface area contributed by atoms with E-state index in [0.717, 1.165) is 6.92 Å². The molecule has 0 aliphatic heterocycles. The first-order chi connectivity index (χ1) is 3.64. The second kappa shape index (κ2) is 11.4. The van der Waals surface area contributed by atoms with Crippen molar-refractivity contribution in [1.82, 2.24) is 0 Å². The summed E-state index contributed by atoms with van der Waals surface area (Å²) in [4.78, 5) is 16.5. The molecule has 0 aliphatic rings. The van der Waals surface area contributed by atoms with Crippen molar-refractivity contribution >= 4 is 16.5 Å². The number of aliphatic carboxylic acids is 1. The molecule has 0 aromatic heterocycles. The Labute approximate surface area is 78.7 Å². The van der Waals surface area contributed by atoms with Crippen LogP contribution in [0.4, 0.5) is 0 Å². The van der Waals surface area contributed by atoms with Gasteiger partial charge in [-0.25, -0.2) is 0 Å². The van der Waals surface area contributed by atoms with Crippen LogP contribution < -0.4 is 34.7 Å². The van der Waals surface area contributed by atoms with Crippen molar-refractivity contribution in [3.63, 3.8) is 0 Å². The SMILES string of the molecule is CC(O)C(=O)[O-].O[SiH3].[Na+]. The Morgan fingerprint density at radius 1 is 1.67 bits per heavy atom. The van der Waals surface area contributed by atoms with Crippen molar-refractivity contribution in [2.24, 2.45) is 0 Å². The maximum atomic E-state index is 9.34. The van der Waals surface area contributed by atoms with Gasteiger partial charge in [0, 0.05) is 0 Å².